The molecule has 1 N–H and O–H groups in total. The Hall–Kier alpha value is -1.24. The molecule has 1 atom stereocenters. The van der Waals surface area contributed by atoms with E-state index < -0.39 is 0 Å². The number of ether oxygens (including phenoxy) is 1. The number of aliphatic hydroxyl groups excluding tert-OH is 1. The van der Waals surface area contributed by atoms with Crippen LogP contribution in [0.15, 0.2) is 29.2 Å². The summed E-state index contributed by atoms with van der Waals surface area (Å²) in [6.45, 7) is 3.93. The zero-order valence-electron chi connectivity index (χ0n) is 11.9. The average Bonchev–Trinajstić information content (AvgIpc) is 2.55. The lowest BCUT2D eigenvalue weighted by Crippen LogP contribution is -2.53. The summed E-state index contributed by atoms with van der Waals surface area (Å²) in [4.78, 5) is 17.7. The Kier molecular flexibility index (Phi) is 4.67. The second-order valence-corrected chi connectivity index (χ2v) is 6.32. The van der Waals surface area contributed by atoms with Gasteiger partial charge in [-0.15, -0.1) is 11.8 Å². The minimum atomic E-state index is -0.380. The lowest BCUT2D eigenvalue weighted by Gasteiger charge is -2.36. The van der Waals surface area contributed by atoms with Gasteiger partial charge in [-0.3, -0.25) is 9.69 Å². The van der Waals surface area contributed by atoms with Crippen molar-refractivity contribution in [2.75, 3.05) is 45.1 Å². The molecule has 2 aliphatic rings. The van der Waals surface area contributed by atoms with Crippen LogP contribution in [0.25, 0.3) is 0 Å². The number of carbonyl (C=O) groups is 1. The SMILES string of the molecule is O=C([C@@H]1CSc2ccccc2O1)N1CCN(CCO)CC1. The fraction of sp³-hybridized carbons (Fsp3) is 0.533. The molecule has 0 radical (unpaired) electrons. The highest BCUT2D eigenvalue weighted by molar-refractivity contribution is 7.99. The molecule has 0 spiro atoms. The molecule has 2 aliphatic heterocycles. The molecule has 0 unspecified atom stereocenters. The predicted octanol–water partition coefficient (Wildman–Crippen LogP) is 0.676. The Bertz CT molecular complexity index is 503. The van der Waals surface area contributed by atoms with E-state index in [-0.39, 0.29) is 18.6 Å². The van der Waals surface area contributed by atoms with E-state index >= 15 is 0 Å². The standard InChI is InChI=1S/C15H20N2O3S/c18-10-9-16-5-7-17(8-6-16)15(19)13-11-21-14-4-2-1-3-12(14)20-13/h1-4,13,18H,5-11H2/t13-/m0/s1. The Morgan fingerprint density at radius 3 is 2.81 bits per heavy atom. The molecular formula is C15H20N2O3S. The fourth-order valence-electron chi connectivity index (χ4n) is 2.68. The van der Waals surface area contributed by atoms with Crippen molar-refractivity contribution >= 4 is 17.7 Å². The van der Waals surface area contributed by atoms with Crippen LogP contribution in [0.2, 0.25) is 0 Å². The van der Waals surface area contributed by atoms with Crippen molar-refractivity contribution < 1.29 is 14.6 Å². The Morgan fingerprint density at radius 2 is 2.05 bits per heavy atom. The molecule has 1 amide bonds. The molecule has 21 heavy (non-hydrogen) atoms. The number of hydrogen-bond acceptors (Lipinski definition) is 5. The number of amides is 1. The number of para-hydroxylation sites is 1. The Balaban J connectivity index is 1.57. The van der Waals surface area contributed by atoms with Crippen LogP contribution in [-0.2, 0) is 4.79 Å². The van der Waals surface area contributed by atoms with Crippen LogP contribution in [0.3, 0.4) is 0 Å². The first-order chi connectivity index (χ1) is 10.3. The monoisotopic (exact) mass is 308 g/mol. The van der Waals surface area contributed by atoms with Crippen LogP contribution in [-0.4, -0.2) is 72.0 Å². The number of fused-ring (bicyclic) bond motifs is 1. The van der Waals surface area contributed by atoms with Crippen molar-refractivity contribution in [2.24, 2.45) is 0 Å². The maximum Gasteiger partial charge on any atom is 0.264 e. The largest absolute Gasteiger partial charge is 0.479 e. The number of piperazine rings is 1. The summed E-state index contributed by atoms with van der Waals surface area (Å²) in [7, 11) is 0. The van der Waals surface area contributed by atoms with Gasteiger partial charge in [-0.25, -0.2) is 0 Å². The van der Waals surface area contributed by atoms with E-state index in [1.165, 1.54) is 0 Å². The summed E-state index contributed by atoms with van der Waals surface area (Å²) in [5.74, 6) is 1.57. The van der Waals surface area contributed by atoms with Crippen molar-refractivity contribution in [2.45, 2.75) is 11.0 Å². The highest BCUT2D eigenvalue weighted by Crippen LogP contribution is 2.35. The number of hydrogen-bond donors (Lipinski definition) is 1. The quantitative estimate of drug-likeness (QED) is 0.890. The van der Waals surface area contributed by atoms with Crippen LogP contribution < -0.4 is 4.74 Å². The van der Waals surface area contributed by atoms with Crippen LogP contribution in [0.1, 0.15) is 0 Å². The lowest BCUT2D eigenvalue weighted by molar-refractivity contribution is -0.139. The van der Waals surface area contributed by atoms with Gasteiger partial charge < -0.3 is 14.7 Å². The predicted molar refractivity (Wildman–Crippen MR) is 81.7 cm³/mol. The fourth-order valence-corrected chi connectivity index (χ4v) is 3.65. The number of rotatable bonds is 3. The van der Waals surface area contributed by atoms with Crippen LogP contribution >= 0.6 is 11.8 Å². The van der Waals surface area contributed by atoms with Gasteiger partial charge in [0, 0.05) is 43.4 Å². The molecule has 2 heterocycles. The summed E-state index contributed by atoms with van der Waals surface area (Å²) in [5.41, 5.74) is 0. The number of carbonyl (C=O) groups excluding carboxylic acids is 1. The summed E-state index contributed by atoms with van der Waals surface area (Å²) >= 11 is 1.68. The lowest BCUT2D eigenvalue weighted by atomic mass is 10.2. The van der Waals surface area contributed by atoms with Crippen molar-refractivity contribution in [1.29, 1.82) is 0 Å². The van der Waals surface area contributed by atoms with E-state index in [4.69, 9.17) is 9.84 Å². The maximum atomic E-state index is 12.5. The molecule has 0 bridgehead atoms. The number of β-amino-alcohol motifs (C(OH)–C–C–N with tert-alkyl or cyclic N) is 1. The van der Waals surface area contributed by atoms with Crippen LogP contribution in [0.5, 0.6) is 5.75 Å². The summed E-state index contributed by atoms with van der Waals surface area (Å²) in [6, 6.07) is 7.85. The van der Waals surface area contributed by atoms with Gasteiger partial charge in [0.15, 0.2) is 6.10 Å². The minimum absolute atomic E-state index is 0.0839. The van der Waals surface area contributed by atoms with Crippen molar-refractivity contribution in [3.63, 3.8) is 0 Å². The van der Waals surface area contributed by atoms with Gasteiger partial charge >= 0.3 is 0 Å². The topological polar surface area (TPSA) is 53.0 Å². The first-order valence-electron chi connectivity index (χ1n) is 7.28. The van der Waals surface area contributed by atoms with Gasteiger partial charge in [0.2, 0.25) is 0 Å². The molecule has 1 aromatic carbocycles. The first-order valence-corrected chi connectivity index (χ1v) is 8.27. The summed E-state index contributed by atoms with van der Waals surface area (Å²) < 4.78 is 5.86. The second-order valence-electron chi connectivity index (χ2n) is 5.25. The van der Waals surface area contributed by atoms with Crippen molar-refractivity contribution in [3.8, 4) is 5.75 Å². The third-order valence-corrected chi connectivity index (χ3v) is 5.00. The van der Waals surface area contributed by atoms with Crippen molar-refractivity contribution in [1.82, 2.24) is 9.80 Å². The Morgan fingerprint density at radius 1 is 1.29 bits per heavy atom. The van der Waals surface area contributed by atoms with Gasteiger partial charge in [-0.2, -0.15) is 0 Å². The molecule has 5 nitrogen and oxygen atoms in total. The van der Waals surface area contributed by atoms with Gasteiger partial charge in [-0.05, 0) is 12.1 Å². The summed E-state index contributed by atoms with van der Waals surface area (Å²) in [6.07, 6.45) is -0.380. The average molecular weight is 308 g/mol. The molecule has 0 aliphatic carbocycles. The molecule has 114 valence electrons. The second kappa shape index (κ2) is 6.68. The van der Waals surface area contributed by atoms with Gasteiger partial charge in [0.05, 0.1) is 6.61 Å². The van der Waals surface area contributed by atoms with Crippen LogP contribution in [0.4, 0.5) is 0 Å². The number of aliphatic hydroxyl groups is 1. The minimum Gasteiger partial charge on any atom is -0.479 e. The van der Waals surface area contributed by atoms with Gasteiger partial charge in [-0.1, -0.05) is 12.1 Å². The maximum absolute atomic E-state index is 12.5. The third-order valence-electron chi connectivity index (χ3n) is 3.88. The molecule has 3 rings (SSSR count). The molecule has 1 saturated heterocycles. The van der Waals surface area contributed by atoms with Gasteiger partial charge in [0.1, 0.15) is 5.75 Å². The molecule has 1 aromatic rings. The number of benzene rings is 1. The van der Waals surface area contributed by atoms with E-state index in [0.717, 1.165) is 23.7 Å². The summed E-state index contributed by atoms with van der Waals surface area (Å²) in [5, 5.41) is 8.95. The van der Waals surface area contributed by atoms with Gasteiger partial charge in [0.25, 0.3) is 5.91 Å². The van der Waals surface area contributed by atoms with E-state index in [1.807, 2.05) is 29.2 Å². The smallest absolute Gasteiger partial charge is 0.264 e. The molecule has 0 aromatic heterocycles. The van der Waals surface area contributed by atoms with E-state index in [2.05, 4.69) is 4.90 Å². The van der Waals surface area contributed by atoms with Crippen LogP contribution in [0, 0.1) is 0 Å². The highest BCUT2D eigenvalue weighted by Gasteiger charge is 2.31. The van der Waals surface area contributed by atoms with E-state index in [1.54, 1.807) is 11.8 Å². The third kappa shape index (κ3) is 3.33. The first kappa shape index (κ1) is 14.7. The zero-order chi connectivity index (χ0) is 14.7. The molecule has 6 heteroatoms. The zero-order valence-corrected chi connectivity index (χ0v) is 12.7. The molecular weight excluding hydrogens is 288 g/mol. The Labute approximate surface area is 128 Å². The number of thioether (sulfide) groups is 1. The van der Waals surface area contributed by atoms with Crippen molar-refractivity contribution in [3.05, 3.63) is 24.3 Å². The molecule has 0 saturated carbocycles. The van der Waals surface area contributed by atoms with E-state index in [9.17, 15) is 4.79 Å². The number of nitrogens with zero attached hydrogens (tertiary/aromatic N) is 2. The normalized spacial score (nSPS) is 22.5. The molecule has 1 fully saturated rings. The van der Waals surface area contributed by atoms with E-state index in [0.29, 0.717) is 25.4 Å². The highest BCUT2D eigenvalue weighted by atomic mass is 32.2.